The SMILES string of the molecule is C=C(/N=C1\C(=C/N)C=C(C(=O)N(C)C)N1C1CCCC1)Nc1ccc(N(C)CCO)cn1. The molecule has 0 aromatic carbocycles. The number of pyridine rings is 1. The van der Waals surface area contributed by atoms with E-state index in [9.17, 15) is 4.79 Å². The number of nitrogens with two attached hydrogens (primary N) is 1. The minimum absolute atomic E-state index is 0.0750. The highest BCUT2D eigenvalue weighted by Gasteiger charge is 2.37. The first-order valence-corrected chi connectivity index (χ1v) is 10.8. The van der Waals surface area contributed by atoms with Gasteiger partial charge in [-0.15, -0.1) is 0 Å². The average molecular weight is 440 g/mol. The zero-order valence-electron chi connectivity index (χ0n) is 19.1. The van der Waals surface area contributed by atoms with E-state index in [4.69, 9.17) is 15.8 Å². The van der Waals surface area contributed by atoms with Crippen LogP contribution in [0.15, 0.2) is 59.3 Å². The normalized spacial score (nSPS) is 18.9. The summed E-state index contributed by atoms with van der Waals surface area (Å²) in [6.07, 6.45) is 9.25. The molecule has 3 rings (SSSR count). The monoisotopic (exact) mass is 439 g/mol. The molecular formula is C23H33N7O2. The van der Waals surface area contributed by atoms with Gasteiger partial charge >= 0.3 is 0 Å². The Bertz CT molecular complexity index is 928. The molecule has 4 N–H and O–H groups in total. The van der Waals surface area contributed by atoms with Gasteiger partial charge in [0, 0.05) is 45.5 Å². The summed E-state index contributed by atoms with van der Waals surface area (Å²) in [7, 11) is 5.37. The molecule has 1 fully saturated rings. The lowest BCUT2D eigenvalue weighted by Crippen LogP contribution is -2.40. The predicted octanol–water partition coefficient (Wildman–Crippen LogP) is 1.86. The molecule has 172 valence electrons. The molecular weight excluding hydrogens is 406 g/mol. The number of rotatable bonds is 8. The number of aromatic nitrogens is 1. The maximum absolute atomic E-state index is 12.9. The van der Waals surface area contributed by atoms with Crippen LogP contribution < -0.4 is 16.0 Å². The molecule has 1 amide bonds. The highest BCUT2D eigenvalue weighted by molar-refractivity contribution is 6.12. The second-order valence-electron chi connectivity index (χ2n) is 8.21. The molecule has 0 atom stereocenters. The predicted molar refractivity (Wildman–Crippen MR) is 128 cm³/mol. The zero-order chi connectivity index (χ0) is 23.3. The van der Waals surface area contributed by atoms with Crippen LogP contribution in [0.3, 0.4) is 0 Å². The number of aliphatic hydroxyl groups is 1. The molecule has 0 spiro atoms. The number of nitrogens with one attached hydrogen (secondary N) is 1. The summed E-state index contributed by atoms with van der Waals surface area (Å²) >= 11 is 0. The van der Waals surface area contributed by atoms with Crippen LogP contribution in [0.25, 0.3) is 0 Å². The smallest absolute Gasteiger partial charge is 0.270 e. The first-order valence-electron chi connectivity index (χ1n) is 10.8. The van der Waals surface area contributed by atoms with Crippen molar-refractivity contribution in [1.82, 2.24) is 14.8 Å². The maximum Gasteiger partial charge on any atom is 0.270 e. The number of hydrogen-bond acceptors (Lipinski definition) is 7. The summed E-state index contributed by atoms with van der Waals surface area (Å²) in [5, 5.41) is 12.2. The highest BCUT2D eigenvalue weighted by atomic mass is 16.3. The van der Waals surface area contributed by atoms with Gasteiger partial charge in [-0.1, -0.05) is 19.4 Å². The van der Waals surface area contributed by atoms with Crippen molar-refractivity contribution in [1.29, 1.82) is 0 Å². The van der Waals surface area contributed by atoms with Crippen LogP contribution in [0.1, 0.15) is 25.7 Å². The van der Waals surface area contributed by atoms with Gasteiger partial charge < -0.3 is 30.9 Å². The lowest BCUT2D eigenvalue weighted by Gasteiger charge is -2.30. The third kappa shape index (κ3) is 5.11. The minimum Gasteiger partial charge on any atom is -0.404 e. The summed E-state index contributed by atoms with van der Waals surface area (Å²) in [5.41, 5.74) is 8.07. The molecule has 2 aliphatic rings. The number of aliphatic hydroxyl groups excluding tert-OH is 1. The molecule has 1 aliphatic heterocycles. The quantitative estimate of drug-likeness (QED) is 0.567. The number of hydrogen-bond donors (Lipinski definition) is 3. The van der Waals surface area contributed by atoms with Gasteiger partial charge in [0.1, 0.15) is 23.2 Å². The summed E-state index contributed by atoms with van der Waals surface area (Å²) < 4.78 is 0. The van der Waals surface area contributed by atoms with Crippen LogP contribution in [0.2, 0.25) is 0 Å². The fourth-order valence-corrected chi connectivity index (χ4v) is 3.97. The first-order chi connectivity index (χ1) is 15.3. The van der Waals surface area contributed by atoms with E-state index in [2.05, 4.69) is 16.9 Å². The third-order valence-corrected chi connectivity index (χ3v) is 5.67. The number of carbonyl (C=O) groups excluding carboxylic acids is 1. The first kappa shape index (κ1) is 23.3. The van der Waals surface area contributed by atoms with Gasteiger partial charge in [-0.2, -0.15) is 0 Å². The fraction of sp³-hybridized carbons (Fsp3) is 0.435. The Hall–Kier alpha value is -3.33. The van der Waals surface area contributed by atoms with E-state index in [0.29, 0.717) is 35.3 Å². The van der Waals surface area contributed by atoms with Crippen LogP contribution in [0.5, 0.6) is 0 Å². The van der Waals surface area contributed by atoms with Gasteiger partial charge in [-0.05, 0) is 31.1 Å². The van der Waals surface area contributed by atoms with Crippen molar-refractivity contribution in [2.75, 3.05) is 44.5 Å². The fourth-order valence-electron chi connectivity index (χ4n) is 3.97. The number of carbonyl (C=O) groups is 1. The molecule has 0 bridgehead atoms. The molecule has 2 heterocycles. The number of nitrogens with zero attached hydrogens (tertiary/aromatic N) is 5. The number of aliphatic imine (C=N–C) groups is 1. The summed E-state index contributed by atoms with van der Waals surface area (Å²) in [6.45, 7) is 4.64. The number of amidine groups is 1. The summed E-state index contributed by atoms with van der Waals surface area (Å²) in [4.78, 5) is 27.5. The minimum atomic E-state index is -0.0794. The standard InChI is InChI=1S/C23H33N7O2/c1-16(26-21-10-9-19(15-25-21)29(4)11-12-31)27-22-17(14-24)13-20(23(32)28(2)3)30(22)18-7-5-6-8-18/h9-10,13-15,18,31H,1,5-8,11-12,24H2,2-4H3,(H,25,26)/b17-14-,27-22+. The molecule has 9 nitrogen and oxygen atoms in total. The molecule has 0 saturated heterocycles. The summed E-state index contributed by atoms with van der Waals surface area (Å²) in [6, 6.07) is 3.94. The lowest BCUT2D eigenvalue weighted by molar-refractivity contribution is -0.126. The molecule has 32 heavy (non-hydrogen) atoms. The van der Waals surface area contributed by atoms with Crippen molar-refractivity contribution in [2.24, 2.45) is 10.7 Å². The Balaban J connectivity index is 1.83. The Morgan fingerprint density at radius 3 is 2.66 bits per heavy atom. The average Bonchev–Trinajstić information content (AvgIpc) is 3.41. The second-order valence-corrected chi connectivity index (χ2v) is 8.21. The highest BCUT2D eigenvalue weighted by Crippen LogP contribution is 2.33. The molecule has 1 saturated carbocycles. The zero-order valence-corrected chi connectivity index (χ0v) is 19.1. The van der Waals surface area contributed by atoms with Crippen molar-refractivity contribution in [3.8, 4) is 0 Å². The Kier molecular flexibility index (Phi) is 7.53. The Morgan fingerprint density at radius 2 is 2.09 bits per heavy atom. The molecule has 9 heteroatoms. The van der Waals surface area contributed by atoms with Crippen molar-refractivity contribution in [3.05, 3.63) is 54.3 Å². The van der Waals surface area contributed by atoms with Crippen molar-refractivity contribution < 1.29 is 9.90 Å². The van der Waals surface area contributed by atoms with E-state index in [1.54, 1.807) is 31.3 Å². The van der Waals surface area contributed by atoms with Crippen LogP contribution >= 0.6 is 0 Å². The van der Waals surface area contributed by atoms with Gasteiger partial charge in [-0.3, -0.25) is 4.79 Å². The van der Waals surface area contributed by atoms with E-state index >= 15 is 0 Å². The van der Waals surface area contributed by atoms with Gasteiger partial charge in [0.15, 0.2) is 0 Å². The van der Waals surface area contributed by atoms with E-state index in [1.807, 2.05) is 29.0 Å². The van der Waals surface area contributed by atoms with Gasteiger partial charge in [0.25, 0.3) is 5.91 Å². The lowest BCUT2D eigenvalue weighted by atomic mass is 10.2. The molecule has 0 radical (unpaired) electrons. The Labute approximate surface area is 189 Å². The van der Waals surface area contributed by atoms with Crippen molar-refractivity contribution in [2.45, 2.75) is 31.7 Å². The van der Waals surface area contributed by atoms with Gasteiger partial charge in [0.05, 0.1) is 18.5 Å². The van der Waals surface area contributed by atoms with Crippen molar-refractivity contribution >= 4 is 23.2 Å². The third-order valence-electron chi connectivity index (χ3n) is 5.67. The van der Waals surface area contributed by atoms with Crippen LogP contribution in [0, 0.1) is 0 Å². The van der Waals surface area contributed by atoms with Gasteiger partial charge in [-0.25, -0.2) is 9.98 Å². The van der Waals surface area contributed by atoms with E-state index in [0.717, 1.165) is 31.4 Å². The van der Waals surface area contributed by atoms with Gasteiger partial charge in [0.2, 0.25) is 0 Å². The molecule has 0 unspecified atom stereocenters. The van der Waals surface area contributed by atoms with E-state index in [1.165, 1.54) is 6.20 Å². The number of likely N-dealkylation sites (N-methyl/N-ethyl adjacent to an activating group) is 2. The maximum atomic E-state index is 12.9. The van der Waals surface area contributed by atoms with E-state index < -0.39 is 0 Å². The number of amides is 1. The van der Waals surface area contributed by atoms with Crippen LogP contribution in [-0.2, 0) is 4.79 Å². The van der Waals surface area contributed by atoms with E-state index in [-0.39, 0.29) is 18.6 Å². The molecule has 1 aliphatic carbocycles. The topological polar surface area (TPSA) is 110 Å². The molecule has 1 aromatic heterocycles. The second kappa shape index (κ2) is 10.3. The number of anilines is 2. The molecule has 1 aromatic rings. The van der Waals surface area contributed by atoms with Crippen molar-refractivity contribution in [3.63, 3.8) is 0 Å². The largest absolute Gasteiger partial charge is 0.404 e. The van der Waals surface area contributed by atoms with Crippen LogP contribution in [-0.4, -0.2) is 72.0 Å². The van der Waals surface area contributed by atoms with Crippen LogP contribution in [0.4, 0.5) is 11.5 Å². The summed E-state index contributed by atoms with van der Waals surface area (Å²) in [5.74, 6) is 1.55. The Morgan fingerprint density at radius 1 is 1.38 bits per heavy atom.